The molecule has 2 amide bonds. The number of fused-ring (bicyclic) bond motifs is 1. The van der Waals surface area contributed by atoms with Gasteiger partial charge in [0, 0.05) is 17.6 Å². The topological polar surface area (TPSA) is 89.2 Å². The zero-order chi connectivity index (χ0) is 13.6. The van der Waals surface area contributed by atoms with Gasteiger partial charge < -0.3 is 5.73 Å². The van der Waals surface area contributed by atoms with E-state index in [1.165, 1.54) is 17.5 Å². The number of thiazole rings is 1. The van der Waals surface area contributed by atoms with E-state index in [1.807, 2.05) is 0 Å². The third-order valence-electron chi connectivity index (χ3n) is 2.81. The van der Waals surface area contributed by atoms with Crippen molar-refractivity contribution in [1.82, 2.24) is 9.97 Å². The summed E-state index contributed by atoms with van der Waals surface area (Å²) < 4.78 is 0. The van der Waals surface area contributed by atoms with Crippen molar-refractivity contribution in [3.05, 3.63) is 40.7 Å². The number of carbonyl (C=O) groups excluding carboxylic acids is 2. The van der Waals surface area contributed by atoms with Gasteiger partial charge >= 0.3 is 0 Å². The summed E-state index contributed by atoms with van der Waals surface area (Å²) in [5.41, 5.74) is 6.86. The molecule has 0 aromatic carbocycles. The van der Waals surface area contributed by atoms with Crippen molar-refractivity contribution in [3.8, 4) is 0 Å². The number of hydrogen-bond acceptors (Lipinski definition) is 6. The van der Waals surface area contributed by atoms with E-state index in [1.54, 1.807) is 24.4 Å². The van der Waals surface area contributed by atoms with Crippen LogP contribution in [0.1, 0.15) is 39.5 Å². The van der Waals surface area contributed by atoms with Crippen LogP contribution in [-0.4, -0.2) is 21.8 Å². The lowest BCUT2D eigenvalue weighted by Crippen LogP contribution is -2.29. The lowest BCUT2D eigenvalue weighted by atomic mass is 10.2. The molecule has 0 bridgehead atoms. The number of hydrogen-bond donors (Lipinski definition) is 1. The van der Waals surface area contributed by atoms with Crippen molar-refractivity contribution in [2.24, 2.45) is 5.73 Å². The standard InChI is InChI=1S/C12H10N4O2S/c1-6(13)8-5-19-12(15-8)16-10(17)7-3-2-4-14-9(7)11(16)18/h2-6H,13H2,1H3. The van der Waals surface area contributed by atoms with Crippen LogP contribution in [0.5, 0.6) is 0 Å². The fraction of sp³-hybridized carbons (Fsp3) is 0.167. The predicted octanol–water partition coefficient (Wildman–Crippen LogP) is 1.36. The van der Waals surface area contributed by atoms with Gasteiger partial charge in [0.15, 0.2) is 5.13 Å². The number of nitrogens with zero attached hydrogens (tertiary/aromatic N) is 3. The Hall–Kier alpha value is -2.12. The second-order valence-electron chi connectivity index (χ2n) is 4.19. The molecule has 3 heterocycles. The van der Waals surface area contributed by atoms with E-state index >= 15 is 0 Å². The average molecular weight is 274 g/mol. The Morgan fingerprint density at radius 3 is 2.79 bits per heavy atom. The fourth-order valence-corrected chi connectivity index (χ4v) is 2.75. The van der Waals surface area contributed by atoms with E-state index in [2.05, 4.69) is 9.97 Å². The summed E-state index contributed by atoms with van der Waals surface area (Å²) in [6, 6.07) is 2.98. The highest BCUT2D eigenvalue weighted by molar-refractivity contribution is 7.14. The van der Waals surface area contributed by atoms with Gasteiger partial charge in [0.05, 0.1) is 11.3 Å². The molecule has 19 heavy (non-hydrogen) atoms. The number of nitrogens with two attached hydrogens (primary N) is 1. The molecule has 1 atom stereocenters. The Kier molecular flexibility index (Phi) is 2.65. The number of anilines is 1. The first-order valence-electron chi connectivity index (χ1n) is 5.64. The summed E-state index contributed by atoms with van der Waals surface area (Å²) in [4.78, 5) is 33.6. The van der Waals surface area contributed by atoms with Crippen molar-refractivity contribution in [1.29, 1.82) is 0 Å². The lowest BCUT2D eigenvalue weighted by Gasteiger charge is -2.08. The Balaban J connectivity index is 2.04. The first-order valence-corrected chi connectivity index (χ1v) is 6.52. The van der Waals surface area contributed by atoms with Crippen LogP contribution in [0.4, 0.5) is 5.13 Å². The highest BCUT2D eigenvalue weighted by Crippen LogP contribution is 2.30. The molecule has 0 saturated carbocycles. The molecule has 3 rings (SSSR count). The maximum Gasteiger partial charge on any atom is 0.286 e. The number of pyridine rings is 1. The van der Waals surface area contributed by atoms with Crippen molar-refractivity contribution < 1.29 is 9.59 Å². The molecule has 1 unspecified atom stereocenters. The minimum Gasteiger partial charge on any atom is -0.323 e. The molecule has 2 aromatic heterocycles. The smallest absolute Gasteiger partial charge is 0.286 e. The summed E-state index contributed by atoms with van der Waals surface area (Å²) >= 11 is 1.22. The minimum atomic E-state index is -0.439. The third-order valence-corrected chi connectivity index (χ3v) is 3.66. The number of rotatable bonds is 2. The van der Waals surface area contributed by atoms with Gasteiger partial charge in [-0.05, 0) is 19.1 Å². The van der Waals surface area contributed by atoms with Crippen LogP contribution in [0, 0.1) is 0 Å². The third kappa shape index (κ3) is 1.74. The molecule has 2 aromatic rings. The predicted molar refractivity (Wildman–Crippen MR) is 70.1 cm³/mol. The fourth-order valence-electron chi connectivity index (χ4n) is 1.83. The van der Waals surface area contributed by atoms with Gasteiger partial charge in [-0.25, -0.2) is 9.88 Å². The first-order chi connectivity index (χ1) is 9.09. The van der Waals surface area contributed by atoms with Crippen molar-refractivity contribution in [2.45, 2.75) is 13.0 Å². The molecule has 2 N–H and O–H groups in total. The second-order valence-corrected chi connectivity index (χ2v) is 5.03. The molecule has 0 spiro atoms. The van der Waals surface area contributed by atoms with Crippen molar-refractivity contribution >= 4 is 28.3 Å². The molecule has 0 radical (unpaired) electrons. The van der Waals surface area contributed by atoms with Crippen LogP contribution >= 0.6 is 11.3 Å². The van der Waals surface area contributed by atoms with Gasteiger partial charge in [-0.3, -0.25) is 14.6 Å². The normalized spacial score (nSPS) is 15.8. The van der Waals surface area contributed by atoms with E-state index < -0.39 is 11.8 Å². The van der Waals surface area contributed by atoms with E-state index in [0.29, 0.717) is 16.4 Å². The Labute approximate surface area is 112 Å². The monoisotopic (exact) mass is 274 g/mol. The maximum absolute atomic E-state index is 12.2. The number of carbonyl (C=O) groups is 2. The Morgan fingerprint density at radius 2 is 2.16 bits per heavy atom. The molecule has 0 saturated heterocycles. The number of amides is 2. The molecule has 1 aliphatic heterocycles. The summed E-state index contributed by atoms with van der Waals surface area (Å²) in [7, 11) is 0. The molecule has 0 fully saturated rings. The largest absolute Gasteiger partial charge is 0.323 e. The van der Waals surface area contributed by atoms with Gasteiger partial charge in [0.2, 0.25) is 0 Å². The van der Waals surface area contributed by atoms with Crippen LogP contribution in [0.15, 0.2) is 23.7 Å². The SMILES string of the molecule is CC(N)c1csc(N2C(=O)c3cccnc3C2=O)n1. The van der Waals surface area contributed by atoms with Gasteiger partial charge in [-0.15, -0.1) is 11.3 Å². The highest BCUT2D eigenvalue weighted by Gasteiger charge is 2.39. The van der Waals surface area contributed by atoms with Crippen molar-refractivity contribution in [3.63, 3.8) is 0 Å². The summed E-state index contributed by atoms with van der Waals surface area (Å²) in [6.07, 6.45) is 1.49. The van der Waals surface area contributed by atoms with Crippen LogP contribution in [-0.2, 0) is 0 Å². The van der Waals surface area contributed by atoms with Crippen LogP contribution in [0.3, 0.4) is 0 Å². The highest BCUT2D eigenvalue weighted by atomic mass is 32.1. The number of imide groups is 1. The second kappa shape index (κ2) is 4.22. The van der Waals surface area contributed by atoms with Crippen LogP contribution in [0.25, 0.3) is 0 Å². The minimum absolute atomic E-state index is 0.171. The molecule has 96 valence electrons. The lowest BCUT2D eigenvalue weighted by molar-refractivity contribution is 0.0924. The van der Waals surface area contributed by atoms with Crippen LogP contribution < -0.4 is 10.6 Å². The molecule has 1 aliphatic rings. The molecule has 6 nitrogen and oxygen atoms in total. The summed E-state index contributed by atoms with van der Waals surface area (Å²) in [5, 5.41) is 2.08. The zero-order valence-electron chi connectivity index (χ0n) is 10.0. The Bertz CT molecular complexity index is 645. The Morgan fingerprint density at radius 1 is 1.37 bits per heavy atom. The van der Waals surface area contributed by atoms with Crippen LogP contribution in [0.2, 0.25) is 0 Å². The summed E-state index contributed by atoms with van der Waals surface area (Å²) in [6.45, 7) is 1.79. The van der Waals surface area contributed by atoms with E-state index in [0.717, 1.165) is 4.90 Å². The van der Waals surface area contributed by atoms with E-state index in [9.17, 15) is 9.59 Å². The number of aromatic nitrogens is 2. The first kappa shape index (κ1) is 11.9. The molecule has 0 aliphatic carbocycles. The van der Waals surface area contributed by atoms with Gasteiger partial charge in [-0.1, -0.05) is 0 Å². The maximum atomic E-state index is 12.2. The van der Waals surface area contributed by atoms with Gasteiger partial charge in [0.25, 0.3) is 11.8 Å². The zero-order valence-corrected chi connectivity index (χ0v) is 10.8. The molecular weight excluding hydrogens is 264 g/mol. The molecular formula is C12H10N4O2S. The average Bonchev–Trinajstić information content (AvgIpc) is 2.96. The quantitative estimate of drug-likeness (QED) is 0.835. The van der Waals surface area contributed by atoms with E-state index in [4.69, 9.17) is 5.73 Å². The summed E-state index contributed by atoms with van der Waals surface area (Å²) in [5.74, 6) is -0.829. The van der Waals surface area contributed by atoms with Gasteiger partial charge in [-0.2, -0.15) is 0 Å². The van der Waals surface area contributed by atoms with E-state index in [-0.39, 0.29) is 11.7 Å². The molecule has 7 heteroatoms. The van der Waals surface area contributed by atoms with Crippen molar-refractivity contribution in [2.75, 3.05) is 4.90 Å². The van der Waals surface area contributed by atoms with Gasteiger partial charge in [0.1, 0.15) is 5.69 Å².